The molecule has 3 rings (SSSR count). The standard InChI is InChI=1S/C9H13NO2.C8H9NO4.C6H4FNO2.C2H6O2/c1-11-6-7-12-9-4-2-8(10)3-5-9;10-5-6-13-8-3-1-7(2-4-8)9(11)12;7-5-1-3-6(4-2-5)8(9)10;3-1-2-4/h2-5H,6-7,10H2,1H3;1-4,10H,5-6H2;1-4H;3-4H,1-2H2/i1D3;;;. The summed E-state index contributed by atoms with van der Waals surface area (Å²) < 4.78 is 47.2. The second kappa shape index (κ2) is 21.7. The van der Waals surface area contributed by atoms with E-state index in [1.165, 1.54) is 24.3 Å². The Morgan fingerprint density at radius 3 is 1.59 bits per heavy atom. The minimum absolute atomic E-state index is 0.0244. The van der Waals surface area contributed by atoms with E-state index in [1.54, 1.807) is 24.3 Å². The second-order valence-electron chi connectivity index (χ2n) is 6.77. The van der Waals surface area contributed by atoms with Crippen molar-refractivity contribution in [3.05, 3.63) is 98.8 Å². The summed E-state index contributed by atoms with van der Waals surface area (Å²) in [5.74, 6) is 0.684. The fraction of sp³-hybridized carbons (Fsp3) is 0.280. The van der Waals surface area contributed by atoms with Crippen molar-refractivity contribution in [3.63, 3.8) is 0 Å². The molecular weight excluding hydrogens is 521 g/mol. The lowest BCUT2D eigenvalue weighted by Gasteiger charge is -2.04. The summed E-state index contributed by atoms with van der Waals surface area (Å²) in [7, 11) is -2.36. The van der Waals surface area contributed by atoms with Gasteiger partial charge in [0.25, 0.3) is 11.4 Å². The highest BCUT2D eigenvalue weighted by molar-refractivity contribution is 5.41. The van der Waals surface area contributed by atoms with Crippen molar-refractivity contribution in [1.82, 2.24) is 0 Å². The average molecular weight is 557 g/mol. The number of anilines is 1. The monoisotopic (exact) mass is 556 g/mol. The van der Waals surface area contributed by atoms with E-state index in [2.05, 4.69) is 4.74 Å². The molecule has 5 N–H and O–H groups in total. The van der Waals surface area contributed by atoms with Crippen molar-refractivity contribution in [2.45, 2.75) is 0 Å². The molecule has 0 spiro atoms. The molecule has 0 radical (unpaired) electrons. The molecule has 39 heavy (non-hydrogen) atoms. The summed E-state index contributed by atoms with van der Waals surface area (Å²) in [4.78, 5) is 19.2. The highest BCUT2D eigenvalue weighted by Gasteiger charge is 2.04. The highest BCUT2D eigenvalue weighted by Crippen LogP contribution is 2.17. The third-order valence-electron chi connectivity index (χ3n) is 3.88. The number of hydrogen-bond donors (Lipinski definition) is 4. The Morgan fingerprint density at radius 1 is 0.744 bits per heavy atom. The molecule has 0 amide bonds. The quantitative estimate of drug-likeness (QED) is 0.124. The lowest BCUT2D eigenvalue weighted by molar-refractivity contribution is -0.385. The van der Waals surface area contributed by atoms with Crippen molar-refractivity contribution in [2.24, 2.45) is 0 Å². The first kappa shape index (κ1) is 29.2. The van der Waals surface area contributed by atoms with Crippen LogP contribution in [0.15, 0.2) is 72.8 Å². The van der Waals surface area contributed by atoms with E-state index in [-0.39, 0.29) is 51.0 Å². The first-order valence-electron chi connectivity index (χ1n) is 12.5. The van der Waals surface area contributed by atoms with Crippen molar-refractivity contribution >= 4 is 17.1 Å². The predicted molar refractivity (Wildman–Crippen MR) is 141 cm³/mol. The summed E-state index contributed by atoms with van der Waals surface area (Å²) in [5.41, 5.74) is 6.07. The van der Waals surface area contributed by atoms with E-state index >= 15 is 0 Å². The maximum absolute atomic E-state index is 12.1. The SMILES string of the molecule is O=[N+]([O-])c1ccc(F)cc1.O=[N+]([O-])c1ccc(OCCO)cc1.OCCO.[2H]C([2H])([2H])OCCOc1ccc(N)cc1. The van der Waals surface area contributed by atoms with E-state index in [1.807, 2.05) is 0 Å². The predicted octanol–water partition coefficient (Wildman–Crippen LogP) is 2.96. The summed E-state index contributed by atoms with van der Waals surface area (Å²) in [5, 5.41) is 43.9. The maximum Gasteiger partial charge on any atom is 0.269 e. The van der Waals surface area contributed by atoms with E-state index in [0.29, 0.717) is 17.2 Å². The Labute approximate surface area is 228 Å². The Balaban J connectivity index is 0.000000572. The van der Waals surface area contributed by atoms with Gasteiger partial charge in [-0.15, -0.1) is 0 Å². The first-order valence-corrected chi connectivity index (χ1v) is 11.0. The fourth-order valence-corrected chi connectivity index (χ4v) is 2.16. The highest BCUT2D eigenvalue weighted by atomic mass is 19.1. The van der Waals surface area contributed by atoms with Crippen molar-refractivity contribution < 1.29 is 47.9 Å². The third-order valence-corrected chi connectivity index (χ3v) is 3.88. The van der Waals surface area contributed by atoms with Crippen LogP contribution in [0.5, 0.6) is 11.5 Å². The van der Waals surface area contributed by atoms with Gasteiger partial charge in [0.05, 0.1) is 40.4 Å². The molecule has 0 aliphatic carbocycles. The smallest absolute Gasteiger partial charge is 0.269 e. The number of halogens is 1. The lowest BCUT2D eigenvalue weighted by atomic mass is 10.3. The van der Waals surface area contributed by atoms with Gasteiger partial charge in [0.2, 0.25) is 0 Å². The van der Waals surface area contributed by atoms with Gasteiger partial charge in [-0.1, -0.05) is 0 Å². The molecule has 0 fully saturated rings. The number of non-ortho nitro benzene ring substituents is 2. The maximum atomic E-state index is 12.1. The number of nitrogens with zero attached hydrogens (tertiary/aromatic N) is 2. The van der Waals surface area contributed by atoms with Crippen LogP contribution >= 0.6 is 0 Å². The zero-order valence-electron chi connectivity index (χ0n) is 23.7. The van der Waals surface area contributed by atoms with Crippen LogP contribution in [-0.4, -0.2) is 71.8 Å². The molecule has 3 aromatic carbocycles. The summed E-state index contributed by atoms with van der Waals surface area (Å²) >= 11 is 0. The summed E-state index contributed by atoms with van der Waals surface area (Å²) in [6.45, 7) is 0.0952. The number of methoxy groups -OCH3 is 1. The zero-order chi connectivity index (χ0) is 32.0. The number of nitro benzene ring substituents is 2. The van der Waals surface area contributed by atoms with Gasteiger partial charge in [0.15, 0.2) is 0 Å². The number of nitrogens with two attached hydrogens (primary N) is 1. The number of rotatable bonds is 10. The number of benzene rings is 3. The van der Waals surface area contributed by atoms with E-state index in [4.69, 9.17) is 34.6 Å². The second-order valence-corrected chi connectivity index (χ2v) is 6.77. The van der Waals surface area contributed by atoms with Crippen molar-refractivity contribution in [2.75, 3.05) is 52.4 Å². The minimum atomic E-state index is -2.36. The van der Waals surface area contributed by atoms with Gasteiger partial charge in [0, 0.05) is 37.0 Å². The molecule has 0 atom stereocenters. The molecule has 0 aromatic heterocycles. The van der Waals surface area contributed by atoms with Gasteiger partial charge in [-0.05, 0) is 48.5 Å². The molecule has 0 aliphatic rings. The lowest BCUT2D eigenvalue weighted by Crippen LogP contribution is -2.03. The Bertz CT molecular complexity index is 1150. The van der Waals surface area contributed by atoms with E-state index in [9.17, 15) is 24.6 Å². The summed E-state index contributed by atoms with van der Waals surface area (Å²) in [6, 6.07) is 16.9. The number of aliphatic hydroxyl groups is 3. The largest absolute Gasteiger partial charge is 0.491 e. The Hall–Kier alpha value is -4.37. The number of aliphatic hydroxyl groups excluding tert-OH is 3. The molecule has 3 aromatic rings. The van der Waals surface area contributed by atoms with Crippen LogP contribution in [0.2, 0.25) is 0 Å². The van der Waals surface area contributed by atoms with Gasteiger partial charge < -0.3 is 35.3 Å². The Kier molecular flexibility index (Phi) is 16.2. The third kappa shape index (κ3) is 17.7. The van der Waals surface area contributed by atoms with Crippen LogP contribution in [0, 0.1) is 26.0 Å². The average Bonchev–Trinajstić information content (AvgIpc) is 2.96. The van der Waals surface area contributed by atoms with Crippen LogP contribution in [-0.2, 0) is 4.74 Å². The number of nitrogen functional groups attached to an aromatic ring is 1. The van der Waals surface area contributed by atoms with Crippen LogP contribution in [0.1, 0.15) is 4.11 Å². The van der Waals surface area contributed by atoms with Gasteiger partial charge >= 0.3 is 0 Å². The van der Waals surface area contributed by atoms with E-state index < -0.39 is 22.7 Å². The molecule has 0 aliphatic heterocycles. The molecule has 0 heterocycles. The van der Waals surface area contributed by atoms with Gasteiger partial charge in [-0.3, -0.25) is 20.2 Å². The minimum Gasteiger partial charge on any atom is -0.491 e. The van der Waals surface area contributed by atoms with Gasteiger partial charge in [-0.2, -0.15) is 0 Å². The zero-order valence-corrected chi connectivity index (χ0v) is 20.7. The molecule has 0 unspecified atom stereocenters. The molecule has 14 heteroatoms. The normalized spacial score (nSPS) is 10.8. The molecule has 214 valence electrons. The number of ether oxygens (including phenoxy) is 3. The van der Waals surface area contributed by atoms with Crippen LogP contribution in [0.3, 0.4) is 0 Å². The van der Waals surface area contributed by atoms with Crippen LogP contribution in [0.4, 0.5) is 21.5 Å². The van der Waals surface area contributed by atoms with Crippen molar-refractivity contribution in [1.29, 1.82) is 0 Å². The van der Waals surface area contributed by atoms with Gasteiger partial charge in [0.1, 0.15) is 30.5 Å². The molecule has 0 saturated heterocycles. The van der Waals surface area contributed by atoms with Crippen LogP contribution in [0.25, 0.3) is 0 Å². The number of hydrogen-bond acceptors (Lipinski definition) is 11. The Morgan fingerprint density at radius 2 is 1.18 bits per heavy atom. The molecular formula is C25H32FN3O10. The van der Waals surface area contributed by atoms with E-state index in [0.717, 1.165) is 24.3 Å². The molecule has 0 bridgehead atoms. The number of nitro groups is 2. The molecule has 0 saturated carbocycles. The van der Waals surface area contributed by atoms with Crippen LogP contribution < -0.4 is 15.2 Å². The molecule has 13 nitrogen and oxygen atoms in total. The first-order chi connectivity index (χ1) is 19.8. The topological polar surface area (TPSA) is 201 Å². The fourth-order valence-electron chi connectivity index (χ4n) is 2.16. The van der Waals surface area contributed by atoms with Crippen molar-refractivity contribution in [3.8, 4) is 11.5 Å². The summed E-state index contributed by atoms with van der Waals surface area (Å²) in [6.07, 6.45) is 0. The van der Waals surface area contributed by atoms with Gasteiger partial charge in [-0.25, -0.2) is 4.39 Å².